The third-order valence-electron chi connectivity index (χ3n) is 2.16. The Labute approximate surface area is 113 Å². The first-order valence-electron chi connectivity index (χ1n) is 5.23. The van der Waals surface area contributed by atoms with Crippen molar-refractivity contribution in [1.82, 2.24) is 0 Å². The molecule has 0 amide bonds. The average Bonchev–Trinajstić information content (AvgIpc) is 2.34. The molecule has 0 aromatic heterocycles. The maximum Gasteiger partial charge on any atom is 0.336 e. The van der Waals surface area contributed by atoms with Crippen LogP contribution in [0.5, 0.6) is 0 Å². The summed E-state index contributed by atoms with van der Waals surface area (Å²) in [7, 11) is 0. The summed E-state index contributed by atoms with van der Waals surface area (Å²) < 4.78 is 0. The predicted molar refractivity (Wildman–Crippen MR) is 72.2 cm³/mol. The van der Waals surface area contributed by atoms with E-state index in [1.54, 1.807) is 6.08 Å². The molecular weight excluding hydrogens is 270 g/mol. The summed E-state index contributed by atoms with van der Waals surface area (Å²) in [6, 6.07) is 3.63. The first kappa shape index (κ1) is 14.9. The van der Waals surface area contributed by atoms with Gasteiger partial charge in [0.05, 0.1) is 10.5 Å². The van der Waals surface area contributed by atoms with E-state index in [9.17, 15) is 19.7 Å². The zero-order valence-corrected chi connectivity index (χ0v) is 10.8. The number of nitro groups is 1. The molecule has 0 bridgehead atoms. The third-order valence-corrected chi connectivity index (χ3v) is 2.92. The maximum atomic E-state index is 11.0. The second kappa shape index (κ2) is 6.69. The molecular formula is C12H11NO5S. The molecule has 0 fully saturated rings. The van der Waals surface area contributed by atoms with Gasteiger partial charge in [-0.1, -0.05) is 23.9 Å². The number of carboxylic acids is 1. The van der Waals surface area contributed by atoms with Crippen LogP contribution in [-0.2, 0) is 4.79 Å². The molecule has 1 aromatic rings. The third kappa shape index (κ3) is 4.55. The highest BCUT2D eigenvalue weighted by Crippen LogP contribution is 2.19. The van der Waals surface area contributed by atoms with Gasteiger partial charge in [0.1, 0.15) is 0 Å². The smallest absolute Gasteiger partial charge is 0.336 e. The van der Waals surface area contributed by atoms with E-state index in [4.69, 9.17) is 5.11 Å². The van der Waals surface area contributed by atoms with Crippen LogP contribution in [0.25, 0.3) is 6.08 Å². The molecule has 1 rings (SSSR count). The lowest BCUT2D eigenvalue weighted by Gasteiger charge is -2.01. The number of nitrogens with zero attached hydrogens (tertiary/aromatic N) is 1. The van der Waals surface area contributed by atoms with E-state index >= 15 is 0 Å². The number of hydrogen-bond acceptors (Lipinski definition) is 5. The van der Waals surface area contributed by atoms with Crippen LogP contribution < -0.4 is 0 Å². The van der Waals surface area contributed by atoms with E-state index in [1.807, 2.05) is 0 Å². The van der Waals surface area contributed by atoms with Crippen molar-refractivity contribution in [3.8, 4) is 0 Å². The van der Waals surface area contributed by atoms with Crippen LogP contribution in [0.15, 0.2) is 24.3 Å². The summed E-state index contributed by atoms with van der Waals surface area (Å²) in [4.78, 5) is 31.7. The average molecular weight is 281 g/mol. The number of carbonyl (C=O) groups excluding carboxylic acids is 1. The summed E-state index contributed by atoms with van der Waals surface area (Å²) in [5.74, 6) is -0.812. The quantitative estimate of drug-likeness (QED) is 0.658. The Balaban J connectivity index is 2.97. The number of nitro benzene ring substituents is 1. The van der Waals surface area contributed by atoms with Crippen molar-refractivity contribution in [2.75, 3.05) is 5.75 Å². The summed E-state index contributed by atoms with van der Waals surface area (Å²) in [5.41, 5.74) is -0.0480. The SMILES string of the molecule is CC(=O)SCC=Cc1ccc([N+](=O)[O-])cc1C(=O)O. The van der Waals surface area contributed by atoms with Gasteiger partial charge in [-0.15, -0.1) is 0 Å². The van der Waals surface area contributed by atoms with Crippen LogP contribution in [0, 0.1) is 10.1 Å². The fourth-order valence-electron chi connectivity index (χ4n) is 1.33. The molecule has 7 heteroatoms. The minimum Gasteiger partial charge on any atom is -0.478 e. The van der Waals surface area contributed by atoms with Gasteiger partial charge in [-0.2, -0.15) is 0 Å². The van der Waals surface area contributed by atoms with Gasteiger partial charge in [-0.05, 0) is 11.6 Å². The highest BCUT2D eigenvalue weighted by Gasteiger charge is 2.14. The zero-order chi connectivity index (χ0) is 14.4. The van der Waals surface area contributed by atoms with Crippen molar-refractivity contribution < 1.29 is 19.6 Å². The Hall–Kier alpha value is -2.15. The number of carboxylic acid groups (broad SMARTS) is 1. The van der Waals surface area contributed by atoms with Crippen LogP contribution in [0.3, 0.4) is 0 Å². The number of benzene rings is 1. The Bertz CT molecular complexity index is 553. The van der Waals surface area contributed by atoms with Gasteiger partial charge in [0.15, 0.2) is 5.12 Å². The summed E-state index contributed by atoms with van der Waals surface area (Å²) >= 11 is 1.09. The van der Waals surface area contributed by atoms with Gasteiger partial charge in [0.2, 0.25) is 0 Å². The number of thioether (sulfide) groups is 1. The van der Waals surface area contributed by atoms with Gasteiger partial charge in [0, 0.05) is 24.8 Å². The highest BCUT2D eigenvalue weighted by molar-refractivity contribution is 8.13. The minimum absolute atomic E-state index is 0.0354. The lowest BCUT2D eigenvalue weighted by Crippen LogP contribution is -2.01. The molecule has 19 heavy (non-hydrogen) atoms. The second-order valence-corrected chi connectivity index (χ2v) is 4.74. The molecule has 100 valence electrons. The molecule has 0 unspecified atom stereocenters. The minimum atomic E-state index is -1.23. The number of non-ortho nitro benzene ring substituents is 1. The maximum absolute atomic E-state index is 11.0. The number of aromatic carboxylic acids is 1. The molecule has 0 aliphatic rings. The van der Waals surface area contributed by atoms with E-state index < -0.39 is 10.9 Å². The lowest BCUT2D eigenvalue weighted by atomic mass is 10.1. The fourth-order valence-corrected chi connectivity index (χ4v) is 1.76. The van der Waals surface area contributed by atoms with Crippen molar-refractivity contribution >= 4 is 34.6 Å². The number of carbonyl (C=O) groups is 2. The molecule has 6 nitrogen and oxygen atoms in total. The van der Waals surface area contributed by atoms with Crippen molar-refractivity contribution in [3.05, 3.63) is 45.5 Å². The molecule has 0 aliphatic carbocycles. The molecule has 1 N–H and O–H groups in total. The first-order valence-corrected chi connectivity index (χ1v) is 6.22. The van der Waals surface area contributed by atoms with Crippen LogP contribution in [0.2, 0.25) is 0 Å². The zero-order valence-electron chi connectivity index (χ0n) is 10.0. The topological polar surface area (TPSA) is 97.5 Å². The largest absolute Gasteiger partial charge is 0.478 e. The number of rotatable bonds is 5. The summed E-state index contributed by atoms with van der Waals surface area (Å²) in [6.45, 7) is 1.44. The van der Waals surface area contributed by atoms with Crippen LogP contribution in [0.1, 0.15) is 22.8 Å². The highest BCUT2D eigenvalue weighted by atomic mass is 32.2. The van der Waals surface area contributed by atoms with Gasteiger partial charge in [0.25, 0.3) is 5.69 Å². The van der Waals surface area contributed by atoms with Gasteiger partial charge >= 0.3 is 5.97 Å². The molecule has 0 saturated carbocycles. The summed E-state index contributed by atoms with van der Waals surface area (Å²) in [5, 5.41) is 19.5. The van der Waals surface area contributed by atoms with E-state index in [0.717, 1.165) is 17.8 Å². The van der Waals surface area contributed by atoms with E-state index in [-0.39, 0.29) is 16.4 Å². The molecule has 0 radical (unpaired) electrons. The second-order valence-electron chi connectivity index (χ2n) is 3.54. The Morgan fingerprint density at radius 3 is 2.68 bits per heavy atom. The standard InChI is InChI=1S/C12H11NO5S/c1-8(14)19-6-2-3-9-4-5-10(13(17)18)7-11(9)12(15)16/h2-5,7H,6H2,1H3,(H,15,16). The predicted octanol–water partition coefficient (Wildman–Crippen LogP) is 2.59. The summed E-state index contributed by atoms with van der Waals surface area (Å²) in [6.07, 6.45) is 3.17. The molecule has 0 atom stereocenters. The first-order chi connectivity index (χ1) is 8.91. The molecule has 0 heterocycles. The fraction of sp³-hybridized carbons (Fsp3) is 0.167. The van der Waals surface area contributed by atoms with Crippen molar-refractivity contribution in [1.29, 1.82) is 0 Å². The Morgan fingerprint density at radius 1 is 1.47 bits per heavy atom. The Kier molecular flexibility index (Phi) is 5.25. The van der Waals surface area contributed by atoms with Crippen LogP contribution in [-0.4, -0.2) is 26.9 Å². The van der Waals surface area contributed by atoms with Crippen molar-refractivity contribution in [2.45, 2.75) is 6.92 Å². The molecule has 0 spiro atoms. The number of hydrogen-bond donors (Lipinski definition) is 1. The normalized spacial score (nSPS) is 10.6. The molecule has 0 aliphatic heterocycles. The lowest BCUT2D eigenvalue weighted by molar-refractivity contribution is -0.384. The van der Waals surface area contributed by atoms with E-state index in [2.05, 4.69) is 0 Å². The van der Waals surface area contributed by atoms with E-state index in [1.165, 1.54) is 25.1 Å². The Morgan fingerprint density at radius 2 is 2.16 bits per heavy atom. The van der Waals surface area contributed by atoms with Gasteiger partial charge in [-0.25, -0.2) is 4.79 Å². The van der Waals surface area contributed by atoms with E-state index in [0.29, 0.717) is 11.3 Å². The van der Waals surface area contributed by atoms with Gasteiger partial charge in [-0.3, -0.25) is 14.9 Å². The van der Waals surface area contributed by atoms with Crippen LogP contribution in [0.4, 0.5) is 5.69 Å². The van der Waals surface area contributed by atoms with Crippen molar-refractivity contribution in [2.24, 2.45) is 0 Å². The van der Waals surface area contributed by atoms with Crippen molar-refractivity contribution in [3.63, 3.8) is 0 Å². The monoisotopic (exact) mass is 281 g/mol. The molecule has 1 aromatic carbocycles. The van der Waals surface area contributed by atoms with Crippen LogP contribution >= 0.6 is 11.8 Å². The van der Waals surface area contributed by atoms with Gasteiger partial charge < -0.3 is 5.11 Å². The molecule has 0 saturated heterocycles.